The molecule has 0 bridgehead atoms. The lowest BCUT2D eigenvalue weighted by atomic mass is 10.0. The zero-order valence-corrected chi connectivity index (χ0v) is 22.5. The second-order valence-electron chi connectivity index (χ2n) is 9.49. The first kappa shape index (κ1) is 26.8. The van der Waals surface area contributed by atoms with Gasteiger partial charge in [0.05, 0.1) is 29.4 Å². The average Bonchev–Trinajstić information content (AvgIpc) is 2.94. The van der Waals surface area contributed by atoms with Crippen LogP contribution >= 0.6 is 0 Å². The predicted octanol–water partition coefficient (Wildman–Crippen LogP) is 5.06. The van der Waals surface area contributed by atoms with Crippen molar-refractivity contribution in [1.82, 2.24) is 20.3 Å². The van der Waals surface area contributed by atoms with Crippen LogP contribution in [0.2, 0.25) is 0 Å². The maximum Gasteiger partial charge on any atom is 0.232 e. The molecular weight excluding hydrogens is 519 g/mol. The number of ether oxygens (including phenoxy) is 1. The van der Waals surface area contributed by atoms with Crippen LogP contribution in [0.25, 0.3) is 22.0 Å². The van der Waals surface area contributed by atoms with Gasteiger partial charge < -0.3 is 15.4 Å². The fraction of sp³-hybridized carbons (Fsp3) is 0.321. The van der Waals surface area contributed by atoms with Gasteiger partial charge in [0.1, 0.15) is 5.75 Å². The maximum atomic E-state index is 12.6. The highest BCUT2D eigenvalue weighted by atomic mass is 32.2. The van der Waals surface area contributed by atoms with Gasteiger partial charge in [0, 0.05) is 35.8 Å². The van der Waals surface area contributed by atoms with Crippen molar-refractivity contribution >= 4 is 32.4 Å². The monoisotopic (exact) mass is 550 g/mol. The topological polar surface area (TPSA) is 118 Å². The fourth-order valence-corrected chi connectivity index (χ4v) is 5.73. The van der Waals surface area contributed by atoms with Gasteiger partial charge in [-0.3, -0.25) is 9.11 Å². The lowest BCUT2D eigenvalue weighted by molar-refractivity contribution is 0.466. The Hall–Kier alpha value is -3.83. The van der Waals surface area contributed by atoms with E-state index in [0.717, 1.165) is 31.5 Å². The number of nitrogens with one attached hydrogen (secondary N) is 3. The van der Waals surface area contributed by atoms with E-state index in [4.69, 9.17) is 9.72 Å². The van der Waals surface area contributed by atoms with Gasteiger partial charge in [-0.15, -0.1) is 0 Å². The summed E-state index contributed by atoms with van der Waals surface area (Å²) in [7, 11) is -3.70. The summed E-state index contributed by atoms with van der Waals surface area (Å²) in [6.45, 7) is 3.11. The Bertz CT molecular complexity index is 1560. The van der Waals surface area contributed by atoms with Gasteiger partial charge in [0.25, 0.3) is 0 Å². The number of halogens is 1. The molecule has 0 aliphatic carbocycles. The number of nitrogens with zero attached hydrogens (tertiary/aromatic N) is 3. The Labute approximate surface area is 227 Å². The van der Waals surface area contributed by atoms with E-state index in [1.165, 1.54) is 0 Å². The van der Waals surface area contributed by atoms with E-state index in [-0.39, 0.29) is 18.2 Å². The first-order chi connectivity index (χ1) is 18.9. The molecule has 204 valence electrons. The number of hydrogen-bond acceptors (Lipinski definition) is 8. The van der Waals surface area contributed by atoms with Crippen molar-refractivity contribution in [2.75, 3.05) is 35.6 Å². The van der Waals surface area contributed by atoms with Crippen LogP contribution in [0.15, 0.2) is 60.9 Å². The van der Waals surface area contributed by atoms with Gasteiger partial charge >= 0.3 is 0 Å². The number of rotatable bonds is 10. The molecule has 0 radical (unpaired) electrons. The number of alkyl halides is 1. The number of piperidine rings is 1. The molecule has 3 N–H and O–H groups in total. The number of aromatic nitrogens is 3. The summed E-state index contributed by atoms with van der Waals surface area (Å²) in [6.07, 6.45) is 5.45. The Morgan fingerprint density at radius 3 is 2.79 bits per heavy atom. The maximum absolute atomic E-state index is 12.6. The normalized spacial score (nSPS) is 15.7. The highest BCUT2D eigenvalue weighted by Gasteiger charge is 2.18. The molecule has 0 unspecified atom stereocenters. The molecule has 11 heteroatoms. The van der Waals surface area contributed by atoms with Gasteiger partial charge in [0.15, 0.2) is 0 Å². The lowest BCUT2D eigenvalue weighted by Gasteiger charge is -2.23. The molecule has 0 amide bonds. The number of benzene rings is 2. The predicted molar refractivity (Wildman–Crippen MR) is 152 cm³/mol. The van der Waals surface area contributed by atoms with Gasteiger partial charge in [-0.1, -0.05) is 24.3 Å². The first-order valence-electron chi connectivity index (χ1n) is 13.0. The standard InChI is InChI=1S/C28H31FN6O3S/c1-19-10-11-21-22(7-2-9-25(21)35-39(36,37)17-5-13-29)26(19)38-27-23(8-4-15-31-27)24-12-16-32-28(34-24)33-20-6-3-14-30-18-20/h2,4,7-12,15-16,20,30,35H,3,5-6,13-14,17-18H2,1H3,(H,32,33,34)/t20-/m0/s1. The van der Waals surface area contributed by atoms with Gasteiger partial charge in [-0.25, -0.2) is 23.4 Å². The smallest absolute Gasteiger partial charge is 0.232 e. The van der Waals surface area contributed by atoms with Crippen LogP contribution in [-0.4, -0.2) is 54.9 Å². The fourth-order valence-electron chi connectivity index (χ4n) is 4.63. The quantitative estimate of drug-likeness (QED) is 0.251. The van der Waals surface area contributed by atoms with Crippen molar-refractivity contribution < 1.29 is 17.5 Å². The summed E-state index contributed by atoms with van der Waals surface area (Å²) in [5.74, 6) is 1.17. The van der Waals surface area contributed by atoms with E-state index >= 15 is 0 Å². The van der Waals surface area contributed by atoms with E-state index in [0.29, 0.717) is 45.3 Å². The van der Waals surface area contributed by atoms with Crippen molar-refractivity contribution in [3.05, 3.63) is 66.5 Å². The minimum atomic E-state index is -3.70. The van der Waals surface area contributed by atoms with Crippen molar-refractivity contribution in [1.29, 1.82) is 0 Å². The van der Waals surface area contributed by atoms with Crippen LogP contribution in [-0.2, 0) is 10.0 Å². The average molecular weight is 551 g/mol. The second-order valence-corrected chi connectivity index (χ2v) is 11.3. The summed E-state index contributed by atoms with van der Waals surface area (Å²) in [5, 5.41) is 8.17. The Balaban J connectivity index is 1.47. The molecule has 1 saturated heterocycles. The third-order valence-corrected chi connectivity index (χ3v) is 7.91. The molecule has 1 aliphatic heterocycles. The van der Waals surface area contributed by atoms with Gasteiger partial charge in [-0.2, -0.15) is 0 Å². The van der Waals surface area contributed by atoms with Crippen molar-refractivity contribution in [2.24, 2.45) is 0 Å². The first-order valence-corrected chi connectivity index (χ1v) is 14.6. The van der Waals surface area contributed by atoms with E-state index in [9.17, 15) is 12.8 Å². The molecule has 1 atom stereocenters. The second kappa shape index (κ2) is 11.9. The highest BCUT2D eigenvalue weighted by molar-refractivity contribution is 7.92. The number of pyridine rings is 1. The lowest BCUT2D eigenvalue weighted by Crippen LogP contribution is -2.38. The SMILES string of the molecule is Cc1ccc2c(NS(=O)(=O)CCCF)cccc2c1Oc1ncccc1-c1ccnc(N[C@H]2CCCNC2)n1. The summed E-state index contributed by atoms with van der Waals surface area (Å²) in [4.78, 5) is 13.6. The number of sulfonamides is 1. The van der Waals surface area contributed by atoms with E-state index in [2.05, 4.69) is 25.3 Å². The molecule has 39 heavy (non-hydrogen) atoms. The molecular formula is C28H31FN6O3S. The van der Waals surface area contributed by atoms with Crippen LogP contribution in [0.3, 0.4) is 0 Å². The van der Waals surface area contributed by atoms with Crippen LogP contribution in [0, 0.1) is 6.92 Å². The molecule has 0 spiro atoms. The van der Waals surface area contributed by atoms with Crippen molar-refractivity contribution in [3.63, 3.8) is 0 Å². The summed E-state index contributed by atoms with van der Waals surface area (Å²) < 4.78 is 46.5. The van der Waals surface area contributed by atoms with Crippen LogP contribution < -0.4 is 20.1 Å². The minimum absolute atomic E-state index is 0.0617. The molecule has 5 rings (SSSR count). The molecule has 1 aliphatic rings. The Morgan fingerprint density at radius 2 is 1.97 bits per heavy atom. The largest absolute Gasteiger partial charge is 0.437 e. The molecule has 4 aromatic rings. The summed E-state index contributed by atoms with van der Waals surface area (Å²) in [6, 6.07) is 14.8. The number of aryl methyl sites for hydroxylation is 1. The van der Waals surface area contributed by atoms with Crippen LogP contribution in [0.1, 0.15) is 24.8 Å². The molecule has 0 saturated carbocycles. The number of fused-ring (bicyclic) bond motifs is 1. The third-order valence-electron chi connectivity index (χ3n) is 6.55. The van der Waals surface area contributed by atoms with E-state index in [1.54, 1.807) is 24.5 Å². The summed E-state index contributed by atoms with van der Waals surface area (Å²) in [5.41, 5.74) is 2.62. The third kappa shape index (κ3) is 6.43. The molecule has 1 fully saturated rings. The van der Waals surface area contributed by atoms with Gasteiger partial charge in [-0.05, 0) is 62.6 Å². The Kier molecular flexibility index (Phi) is 8.18. The van der Waals surface area contributed by atoms with Crippen molar-refractivity contribution in [2.45, 2.75) is 32.2 Å². The highest BCUT2D eigenvalue weighted by Crippen LogP contribution is 2.38. The molecule has 2 aromatic carbocycles. The Morgan fingerprint density at radius 1 is 1.08 bits per heavy atom. The zero-order chi connectivity index (χ0) is 27.2. The zero-order valence-electron chi connectivity index (χ0n) is 21.7. The number of hydrogen-bond donors (Lipinski definition) is 3. The van der Waals surface area contributed by atoms with E-state index in [1.807, 2.05) is 43.3 Å². The van der Waals surface area contributed by atoms with Crippen molar-refractivity contribution in [3.8, 4) is 22.9 Å². The van der Waals surface area contributed by atoms with Crippen LogP contribution in [0.4, 0.5) is 16.0 Å². The van der Waals surface area contributed by atoms with E-state index < -0.39 is 16.7 Å². The molecule has 2 aromatic heterocycles. The minimum Gasteiger partial charge on any atom is -0.437 e. The van der Waals surface area contributed by atoms with Crippen LogP contribution in [0.5, 0.6) is 11.6 Å². The molecule has 3 heterocycles. The summed E-state index contributed by atoms with van der Waals surface area (Å²) >= 11 is 0. The molecule has 9 nitrogen and oxygen atoms in total. The van der Waals surface area contributed by atoms with Gasteiger partial charge in [0.2, 0.25) is 21.9 Å². The number of anilines is 2.